The monoisotopic (exact) mass is 363 g/mol. The molecule has 0 amide bonds. The number of nitrogens with one attached hydrogen (secondary N) is 1. The lowest BCUT2D eigenvalue weighted by Crippen LogP contribution is -2.29. The molecule has 0 saturated heterocycles. The summed E-state index contributed by atoms with van der Waals surface area (Å²) < 4.78 is 5.90. The molecular formula is C20H26ClNO3. The van der Waals surface area contributed by atoms with Crippen LogP contribution in [0.4, 0.5) is 0 Å². The van der Waals surface area contributed by atoms with Crippen molar-refractivity contribution in [2.75, 3.05) is 0 Å². The van der Waals surface area contributed by atoms with Gasteiger partial charge in [-0.2, -0.15) is 0 Å². The molecule has 1 aliphatic rings. The molecule has 1 aromatic carbocycles. The van der Waals surface area contributed by atoms with Crippen molar-refractivity contribution in [3.63, 3.8) is 0 Å². The molecule has 1 aromatic heterocycles. The lowest BCUT2D eigenvalue weighted by Gasteiger charge is -2.20. The highest BCUT2D eigenvalue weighted by Crippen LogP contribution is 2.24. The van der Waals surface area contributed by atoms with Gasteiger partial charge in [0.15, 0.2) is 0 Å². The van der Waals surface area contributed by atoms with Crippen LogP contribution < -0.4 is 5.32 Å². The summed E-state index contributed by atoms with van der Waals surface area (Å²) in [6, 6.07) is 11.3. The van der Waals surface area contributed by atoms with E-state index < -0.39 is 5.97 Å². The number of carboxylic acid groups (broad SMARTS) is 1. The number of carbonyl (C=O) groups is 1. The molecule has 4 nitrogen and oxygen atoms in total. The number of carboxylic acids is 1. The molecular weight excluding hydrogens is 338 g/mol. The largest absolute Gasteiger partial charge is 0.478 e. The van der Waals surface area contributed by atoms with E-state index in [4.69, 9.17) is 9.52 Å². The van der Waals surface area contributed by atoms with E-state index in [0.717, 1.165) is 17.9 Å². The molecule has 3 rings (SSSR count). The summed E-state index contributed by atoms with van der Waals surface area (Å²) in [7, 11) is 0. The third-order valence-corrected chi connectivity index (χ3v) is 4.73. The average Bonchev–Trinajstić information content (AvgIpc) is 3.03. The second-order valence-corrected chi connectivity index (χ2v) is 6.57. The predicted molar refractivity (Wildman–Crippen MR) is 101 cm³/mol. The molecule has 1 fully saturated rings. The molecule has 1 heterocycles. The second-order valence-electron chi connectivity index (χ2n) is 6.57. The van der Waals surface area contributed by atoms with Crippen molar-refractivity contribution in [1.29, 1.82) is 0 Å². The summed E-state index contributed by atoms with van der Waals surface area (Å²) in [6.07, 6.45) is 9.18. The highest BCUT2D eigenvalue weighted by molar-refractivity contribution is 5.89. The lowest BCUT2D eigenvalue weighted by molar-refractivity contribution is 0.0697. The summed E-state index contributed by atoms with van der Waals surface area (Å²) >= 11 is 0. The zero-order valence-corrected chi connectivity index (χ0v) is 15.2. The number of hydrogen-bond donors (Lipinski definition) is 2. The Kier molecular flexibility index (Phi) is 7.53. The van der Waals surface area contributed by atoms with Crippen molar-refractivity contribution in [3.05, 3.63) is 47.7 Å². The van der Waals surface area contributed by atoms with Crippen LogP contribution in [0.25, 0.3) is 11.3 Å². The molecule has 1 saturated carbocycles. The van der Waals surface area contributed by atoms with Gasteiger partial charge in [0.1, 0.15) is 11.5 Å². The van der Waals surface area contributed by atoms with E-state index in [-0.39, 0.29) is 18.0 Å². The second kappa shape index (κ2) is 9.64. The fourth-order valence-electron chi connectivity index (χ4n) is 3.34. The Hall–Kier alpha value is -1.78. The third-order valence-electron chi connectivity index (χ3n) is 4.73. The van der Waals surface area contributed by atoms with E-state index in [9.17, 15) is 4.79 Å². The highest BCUT2D eigenvalue weighted by Gasteiger charge is 2.12. The summed E-state index contributed by atoms with van der Waals surface area (Å²) in [5.74, 6) is 0.690. The normalized spacial score (nSPS) is 15.8. The molecule has 0 unspecified atom stereocenters. The van der Waals surface area contributed by atoms with Gasteiger partial charge in [0.05, 0.1) is 12.1 Å². The van der Waals surface area contributed by atoms with Crippen LogP contribution in [0.2, 0.25) is 0 Å². The van der Waals surface area contributed by atoms with Gasteiger partial charge in [-0.1, -0.05) is 44.2 Å². The van der Waals surface area contributed by atoms with Gasteiger partial charge in [-0.25, -0.2) is 4.79 Å². The Morgan fingerprint density at radius 3 is 2.52 bits per heavy atom. The van der Waals surface area contributed by atoms with Gasteiger partial charge in [0, 0.05) is 11.6 Å². The van der Waals surface area contributed by atoms with Crippen LogP contribution in [-0.4, -0.2) is 17.1 Å². The Morgan fingerprint density at radius 2 is 1.80 bits per heavy atom. The quantitative estimate of drug-likeness (QED) is 0.759. The first-order valence-electron chi connectivity index (χ1n) is 8.88. The minimum atomic E-state index is -0.922. The van der Waals surface area contributed by atoms with Crippen LogP contribution in [0, 0.1) is 0 Å². The number of hydrogen-bond acceptors (Lipinski definition) is 3. The highest BCUT2D eigenvalue weighted by atomic mass is 35.5. The molecule has 2 N–H and O–H groups in total. The average molecular weight is 364 g/mol. The van der Waals surface area contributed by atoms with Crippen molar-refractivity contribution in [2.24, 2.45) is 0 Å². The topological polar surface area (TPSA) is 62.5 Å². The summed E-state index contributed by atoms with van der Waals surface area (Å²) in [5, 5.41) is 12.7. The number of aromatic carboxylic acids is 1. The Balaban J connectivity index is 0.00000225. The smallest absolute Gasteiger partial charge is 0.335 e. The summed E-state index contributed by atoms with van der Waals surface area (Å²) in [5.41, 5.74) is 1.07. The van der Waals surface area contributed by atoms with Gasteiger partial charge in [0.25, 0.3) is 0 Å². The van der Waals surface area contributed by atoms with Crippen molar-refractivity contribution < 1.29 is 14.3 Å². The van der Waals surface area contributed by atoms with Gasteiger partial charge >= 0.3 is 5.97 Å². The first-order valence-corrected chi connectivity index (χ1v) is 8.88. The molecule has 2 aromatic rings. The molecule has 0 radical (unpaired) electrons. The predicted octanol–water partition coefficient (Wildman–Crippen LogP) is 5.27. The Morgan fingerprint density at radius 1 is 1.08 bits per heavy atom. The van der Waals surface area contributed by atoms with Crippen LogP contribution in [0.3, 0.4) is 0 Å². The van der Waals surface area contributed by atoms with Crippen LogP contribution in [0.15, 0.2) is 40.8 Å². The van der Waals surface area contributed by atoms with Crippen LogP contribution in [0.5, 0.6) is 0 Å². The number of halogens is 1. The standard InChI is InChI=1S/C20H25NO3.ClH/c22-20(23)16-8-6-7-15(13-16)19-12-11-18(24-19)14-21-17-9-4-2-1-3-5-10-17;/h6-8,11-13,17,21H,1-5,9-10,14H2,(H,22,23);1H. The maximum absolute atomic E-state index is 11.1. The summed E-state index contributed by atoms with van der Waals surface area (Å²) in [6.45, 7) is 0.725. The molecule has 25 heavy (non-hydrogen) atoms. The number of rotatable bonds is 5. The van der Waals surface area contributed by atoms with Crippen LogP contribution in [-0.2, 0) is 6.54 Å². The fourth-order valence-corrected chi connectivity index (χ4v) is 3.34. The molecule has 136 valence electrons. The third kappa shape index (κ3) is 5.62. The van der Waals surface area contributed by atoms with Crippen molar-refractivity contribution in [3.8, 4) is 11.3 Å². The zero-order valence-electron chi connectivity index (χ0n) is 14.4. The van der Waals surface area contributed by atoms with Crippen molar-refractivity contribution in [2.45, 2.75) is 57.5 Å². The molecule has 0 atom stereocenters. The van der Waals surface area contributed by atoms with Crippen molar-refractivity contribution in [1.82, 2.24) is 5.32 Å². The van der Waals surface area contributed by atoms with Gasteiger partial charge in [-0.3, -0.25) is 0 Å². The number of furan rings is 1. The first-order chi connectivity index (χ1) is 11.7. The van der Waals surface area contributed by atoms with Gasteiger partial charge in [0.2, 0.25) is 0 Å². The molecule has 1 aliphatic carbocycles. The Labute approximate surface area is 155 Å². The zero-order chi connectivity index (χ0) is 16.8. The van der Waals surface area contributed by atoms with E-state index in [0.29, 0.717) is 11.8 Å². The van der Waals surface area contributed by atoms with E-state index >= 15 is 0 Å². The molecule has 0 bridgehead atoms. The van der Waals surface area contributed by atoms with Gasteiger partial charge in [-0.15, -0.1) is 12.4 Å². The fraction of sp³-hybridized carbons (Fsp3) is 0.450. The van der Waals surface area contributed by atoms with E-state index in [2.05, 4.69) is 5.32 Å². The lowest BCUT2D eigenvalue weighted by atomic mass is 9.97. The Bertz CT molecular complexity index is 675. The van der Waals surface area contributed by atoms with E-state index in [1.54, 1.807) is 18.2 Å². The summed E-state index contributed by atoms with van der Waals surface area (Å²) in [4.78, 5) is 11.1. The molecule has 0 aliphatic heterocycles. The minimum absolute atomic E-state index is 0. The van der Waals surface area contributed by atoms with Crippen molar-refractivity contribution >= 4 is 18.4 Å². The SMILES string of the molecule is Cl.O=C(O)c1cccc(-c2ccc(CNC3CCCCCCC3)o2)c1. The van der Waals surface area contributed by atoms with E-state index in [1.807, 2.05) is 18.2 Å². The number of benzene rings is 1. The van der Waals surface area contributed by atoms with Gasteiger partial charge in [-0.05, 0) is 37.1 Å². The van der Waals surface area contributed by atoms with Gasteiger partial charge < -0.3 is 14.8 Å². The molecule has 5 heteroatoms. The first kappa shape index (κ1) is 19.5. The van der Waals surface area contributed by atoms with E-state index in [1.165, 1.54) is 44.9 Å². The van der Waals surface area contributed by atoms with Crippen LogP contribution in [0.1, 0.15) is 61.1 Å². The maximum Gasteiger partial charge on any atom is 0.335 e. The molecule has 0 spiro atoms. The maximum atomic E-state index is 11.1. The minimum Gasteiger partial charge on any atom is -0.478 e. The van der Waals surface area contributed by atoms with Crippen LogP contribution >= 0.6 is 12.4 Å².